The molecule has 0 aliphatic carbocycles. The van der Waals surface area contributed by atoms with E-state index < -0.39 is 24.1 Å². The van der Waals surface area contributed by atoms with Crippen LogP contribution in [0.15, 0.2) is 18.2 Å². The molecule has 0 aliphatic rings. The van der Waals surface area contributed by atoms with E-state index in [4.69, 9.17) is 10.4 Å². The second-order valence-corrected chi connectivity index (χ2v) is 5.28. The van der Waals surface area contributed by atoms with Gasteiger partial charge in [-0.25, -0.2) is 4.39 Å². The van der Waals surface area contributed by atoms with E-state index in [2.05, 4.69) is 0 Å². The molecule has 100 valence electrons. The lowest BCUT2D eigenvalue weighted by atomic mass is 9.75. The fourth-order valence-electron chi connectivity index (χ4n) is 1.30. The van der Waals surface area contributed by atoms with Crippen molar-refractivity contribution in [1.29, 1.82) is 0 Å². The number of benzene rings is 1. The van der Waals surface area contributed by atoms with E-state index >= 15 is 0 Å². The topological polar surface area (TPSA) is 75.7 Å². The predicted octanol–water partition coefficient (Wildman–Crippen LogP) is 0.661. The molecule has 0 unspecified atom stereocenters. The molecule has 0 amide bonds. The summed E-state index contributed by atoms with van der Waals surface area (Å²) in [6, 6.07) is 4.11. The van der Waals surface area contributed by atoms with Gasteiger partial charge in [-0.15, -0.1) is 0 Å². The summed E-state index contributed by atoms with van der Waals surface area (Å²) in [7, 11) is -1.53. The molecule has 0 fully saturated rings. The van der Waals surface area contributed by atoms with Crippen molar-refractivity contribution in [3.63, 3.8) is 0 Å². The van der Waals surface area contributed by atoms with E-state index in [1.807, 2.05) is 0 Å². The van der Waals surface area contributed by atoms with Gasteiger partial charge >= 0.3 is 7.12 Å². The summed E-state index contributed by atoms with van der Waals surface area (Å²) in [4.78, 5) is 0. The maximum Gasteiger partial charge on any atom is 0.496 e. The van der Waals surface area contributed by atoms with Gasteiger partial charge in [-0.05, 0) is 39.8 Å². The fourth-order valence-corrected chi connectivity index (χ4v) is 1.30. The van der Waals surface area contributed by atoms with Crippen molar-refractivity contribution in [1.82, 2.24) is 0 Å². The van der Waals surface area contributed by atoms with E-state index in [-0.39, 0.29) is 11.2 Å². The van der Waals surface area contributed by atoms with Crippen LogP contribution in [0.1, 0.15) is 27.7 Å². The number of halogens is 1. The van der Waals surface area contributed by atoms with Crippen molar-refractivity contribution < 1.29 is 19.2 Å². The smallest absolute Gasteiger partial charge is 0.423 e. The second-order valence-electron chi connectivity index (χ2n) is 5.28. The first-order valence-electron chi connectivity index (χ1n) is 5.68. The lowest BCUT2D eigenvalue weighted by molar-refractivity contribution is -0.0983. The van der Waals surface area contributed by atoms with E-state index in [0.717, 1.165) is 0 Å². The van der Waals surface area contributed by atoms with Gasteiger partial charge in [-0.3, -0.25) is 0 Å². The average molecular weight is 255 g/mol. The Hall–Kier alpha value is -1.11. The van der Waals surface area contributed by atoms with Crippen LogP contribution in [0.5, 0.6) is 0 Å². The zero-order valence-electron chi connectivity index (χ0n) is 11.1. The Labute approximate surface area is 107 Å². The summed E-state index contributed by atoms with van der Waals surface area (Å²) in [6.07, 6.45) is 0. The van der Waals surface area contributed by atoms with Gasteiger partial charge in [0, 0.05) is 11.2 Å². The Balaban J connectivity index is 3.00. The van der Waals surface area contributed by atoms with Crippen molar-refractivity contribution in [2.75, 3.05) is 5.73 Å². The molecule has 0 saturated carbocycles. The predicted molar refractivity (Wildman–Crippen MR) is 69.9 cm³/mol. The Kier molecular flexibility index (Phi) is 4.05. The molecule has 4 nitrogen and oxygen atoms in total. The number of nitrogens with two attached hydrogens (primary N) is 1. The zero-order chi connectivity index (χ0) is 14.1. The third-order valence-corrected chi connectivity index (χ3v) is 3.21. The van der Waals surface area contributed by atoms with Crippen LogP contribution >= 0.6 is 0 Å². The summed E-state index contributed by atoms with van der Waals surface area (Å²) < 4.78 is 18.9. The van der Waals surface area contributed by atoms with Gasteiger partial charge in [0.15, 0.2) is 0 Å². The number of rotatable bonds is 4. The number of hydrogen-bond acceptors (Lipinski definition) is 4. The fraction of sp³-hybridized carbons (Fsp3) is 0.500. The van der Waals surface area contributed by atoms with Gasteiger partial charge in [0.05, 0.1) is 11.2 Å². The van der Waals surface area contributed by atoms with Crippen LogP contribution in [0, 0.1) is 5.82 Å². The average Bonchev–Trinajstić information content (AvgIpc) is 2.14. The highest BCUT2D eigenvalue weighted by Gasteiger charge is 2.40. The van der Waals surface area contributed by atoms with Crippen molar-refractivity contribution in [3.8, 4) is 0 Å². The van der Waals surface area contributed by atoms with Crippen molar-refractivity contribution in [2.45, 2.75) is 38.9 Å². The van der Waals surface area contributed by atoms with Gasteiger partial charge in [0.2, 0.25) is 0 Å². The SMILES string of the molecule is CC(C)(O)C(C)(C)OB(O)c1c(N)cccc1F. The van der Waals surface area contributed by atoms with Gasteiger partial charge in [0.1, 0.15) is 5.82 Å². The summed E-state index contributed by atoms with van der Waals surface area (Å²) in [5, 5.41) is 19.8. The van der Waals surface area contributed by atoms with Crippen LogP contribution in [-0.2, 0) is 4.65 Å². The summed E-state index contributed by atoms with van der Waals surface area (Å²) in [5.74, 6) is -0.644. The Morgan fingerprint density at radius 2 is 1.83 bits per heavy atom. The lowest BCUT2D eigenvalue weighted by Crippen LogP contribution is -2.53. The van der Waals surface area contributed by atoms with Crippen LogP contribution in [0.4, 0.5) is 10.1 Å². The quantitative estimate of drug-likeness (QED) is 0.545. The molecular formula is C12H19BFNO3. The maximum absolute atomic E-state index is 13.6. The molecule has 0 aromatic heterocycles. The minimum Gasteiger partial charge on any atom is -0.423 e. The molecule has 0 aliphatic heterocycles. The molecule has 0 saturated heterocycles. The third-order valence-electron chi connectivity index (χ3n) is 3.21. The number of anilines is 1. The number of aliphatic hydroxyl groups is 1. The molecule has 18 heavy (non-hydrogen) atoms. The molecule has 0 spiro atoms. The van der Waals surface area contributed by atoms with Crippen LogP contribution in [0.3, 0.4) is 0 Å². The monoisotopic (exact) mass is 255 g/mol. The normalized spacial score (nSPS) is 12.6. The summed E-state index contributed by atoms with van der Waals surface area (Å²) in [6.45, 7) is 6.30. The van der Waals surface area contributed by atoms with Crippen LogP contribution < -0.4 is 11.2 Å². The van der Waals surface area contributed by atoms with Crippen molar-refractivity contribution in [3.05, 3.63) is 24.0 Å². The molecule has 4 N–H and O–H groups in total. The first-order valence-corrected chi connectivity index (χ1v) is 5.68. The highest BCUT2D eigenvalue weighted by atomic mass is 19.1. The van der Waals surface area contributed by atoms with E-state index in [0.29, 0.717) is 0 Å². The van der Waals surface area contributed by atoms with E-state index in [1.165, 1.54) is 18.2 Å². The molecule has 0 bridgehead atoms. The van der Waals surface area contributed by atoms with Crippen LogP contribution in [0.2, 0.25) is 0 Å². The molecule has 0 radical (unpaired) electrons. The standard InChI is InChI=1S/C12H19BFNO3/c1-11(2,16)12(3,4)18-13(17)10-8(14)6-5-7-9(10)15/h5-7,16-17H,15H2,1-4H3. The molecule has 0 heterocycles. The Bertz CT molecular complexity index is 412. The first kappa shape index (κ1) is 15.0. The lowest BCUT2D eigenvalue weighted by Gasteiger charge is -2.38. The highest BCUT2D eigenvalue weighted by Crippen LogP contribution is 2.25. The summed E-state index contributed by atoms with van der Waals surface area (Å²) in [5.41, 5.74) is 3.33. The van der Waals surface area contributed by atoms with Gasteiger partial charge in [0.25, 0.3) is 0 Å². The molecule has 1 rings (SSSR count). The zero-order valence-corrected chi connectivity index (χ0v) is 11.1. The Morgan fingerprint density at radius 1 is 1.28 bits per heavy atom. The van der Waals surface area contributed by atoms with Crippen LogP contribution in [0.25, 0.3) is 0 Å². The van der Waals surface area contributed by atoms with Gasteiger partial charge in [-0.1, -0.05) is 6.07 Å². The number of hydrogen-bond donors (Lipinski definition) is 3. The highest BCUT2D eigenvalue weighted by molar-refractivity contribution is 6.62. The number of nitrogen functional groups attached to an aromatic ring is 1. The van der Waals surface area contributed by atoms with Crippen LogP contribution in [-0.4, -0.2) is 28.5 Å². The van der Waals surface area contributed by atoms with Gasteiger partial charge < -0.3 is 20.5 Å². The van der Waals surface area contributed by atoms with E-state index in [9.17, 15) is 14.5 Å². The van der Waals surface area contributed by atoms with E-state index in [1.54, 1.807) is 27.7 Å². The second kappa shape index (κ2) is 4.88. The van der Waals surface area contributed by atoms with Gasteiger partial charge in [-0.2, -0.15) is 0 Å². The molecule has 1 aromatic rings. The minimum absolute atomic E-state index is 0.106. The van der Waals surface area contributed by atoms with Crippen molar-refractivity contribution in [2.24, 2.45) is 0 Å². The minimum atomic E-state index is -1.53. The molecule has 6 heteroatoms. The molecule has 0 atom stereocenters. The third kappa shape index (κ3) is 3.01. The largest absolute Gasteiger partial charge is 0.496 e. The summed E-state index contributed by atoms with van der Waals surface area (Å²) >= 11 is 0. The Morgan fingerprint density at radius 3 is 2.28 bits per heavy atom. The van der Waals surface area contributed by atoms with Crippen molar-refractivity contribution >= 4 is 18.3 Å². The maximum atomic E-state index is 13.6. The molecular weight excluding hydrogens is 236 g/mol. The molecule has 1 aromatic carbocycles. The first-order chi connectivity index (χ1) is 8.06.